The van der Waals surface area contributed by atoms with Crippen molar-refractivity contribution in [1.82, 2.24) is 10.2 Å². The molecule has 0 aliphatic rings. The second-order valence-electron chi connectivity index (χ2n) is 5.12. The highest BCUT2D eigenvalue weighted by molar-refractivity contribution is 6.30. The van der Waals surface area contributed by atoms with E-state index in [1.165, 1.54) is 0 Å². The number of nitrogens with zero attached hydrogens (tertiary/aromatic N) is 1. The van der Waals surface area contributed by atoms with E-state index in [2.05, 4.69) is 5.32 Å². The zero-order valence-corrected chi connectivity index (χ0v) is 13.0. The SMILES string of the molecule is CN(C)C(C(=O)NCc1ccc(Cl)cc1)c1ccccc1. The van der Waals surface area contributed by atoms with Crippen LogP contribution in [0.25, 0.3) is 0 Å². The Labute approximate surface area is 130 Å². The maximum Gasteiger partial charge on any atom is 0.242 e. The Bertz CT molecular complexity index is 581. The Morgan fingerprint density at radius 2 is 1.71 bits per heavy atom. The van der Waals surface area contributed by atoms with E-state index >= 15 is 0 Å². The number of nitrogens with one attached hydrogen (secondary N) is 1. The zero-order valence-electron chi connectivity index (χ0n) is 12.2. The summed E-state index contributed by atoms with van der Waals surface area (Å²) in [6.45, 7) is 0.493. The topological polar surface area (TPSA) is 32.3 Å². The van der Waals surface area contributed by atoms with Gasteiger partial charge < -0.3 is 5.32 Å². The number of carbonyl (C=O) groups excluding carboxylic acids is 1. The Kier molecular flexibility index (Phi) is 5.37. The van der Waals surface area contributed by atoms with Crippen molar-refractivity contribution < 1.29 is 4.79 Å². The molecule has 1 unspecified atom stereocenters. The highest BCUT2D eigenvalue weighted by Gasteiger charge is 2.22. The largest absolute Gasteiger partial charge is 0.350 e. The van der Waals surface area contributed by atoms with Crippen molar-refractivity contribution in [3.05, 3.63) is 70.7 Å². The molecule has 4 heteroatoms. The Morgan fingerprint density at radius 3 is 2.29 bits per heavy atom. The lowest BCUT2D eigenvalue weighted by Crippen LogP contribution is -2.36. The molecule has 0 heterocycles. The van der Waals surface area contributed by atoms with E-state index < -0.39 is 0 Å². The third-order valence-corrected chi connectivity index (χ3v) is 3.51. The monoisotopic (exact) mass is 302 g/mol. The summed E-state index contributed by atoms with van der Waals surface area (Å²) in [6.07, 6.45) is 0. The summed E-state index contributed by atoms with van der Waals surface area (Å²) >= 11 is 5.85. The van der Waals surface area contributed by atoms with Gasteiger partial charge in [-0.3, -0.25) is 9.69 Å². The second-order valence-corrected chi connectivity index (χ2v) is 5.56. The van der Waals surface area contributed by atoms with Gasteiger partial charge in [-0.2, -0.15) is 0 Å². The van der Waals surface area contributed by atoms with E-state index in [9.17, 15) is 4.79 Å². The van der Waals surface area contributed by atoms with Gasteiger partial charge in [-0.1, -0.05) is 54.1 Å². The molecule has 2 aromatic carbocycles. The van der Waals surface area contributed by atoms with Gasteiger partial charge in [0, 0.05) is 11.6 Å². The zero-order chi connectivity index (χ0) is 15.2. The van der Waals surface area contributed by atoms with Gasteiger partial charge in [0.1, 0.15) is 6.04 Å². The molecule has 1 N–H and O–H groups in total. The summed E-state index contributed by atoms with van der Waals surface area (Å²) in [6, 6.07) is 16.9. The predicted molar refractivity (Wildman–Crippen MR) is 86.2 cm³/mol. The Balaban J connectivity index is 2.04. The molecule has 2 rings (SSSR count). The van der Waals surface area contributed by atoms with Crippen LogP contribution in [0, 0.1) is 0 Å². The molecule has 0 spiro atoms. The number of halogens is 1. The fourth-order valence-electron chi connectivity index (χ4n) is 2.21. The molecule has 1 amide bonds. The minimum absolute atomic E-state index is 0.0128. The average molecular weight is 303 g/mol. The number of benzene rings is 2. The predicted octanol–water partition coefficient (Wildman–Crippen LogP) is 3.26. The van der Waals surface area contributed by atoms with Crippen molar-refractivity contribution in [2.75, 3.05) is 14.1 Å². The van der Waals surface area contributed by atoms with Crippen LogP contribution in [-0.4, -0.2) is 24.9 Å². The van der Waals surface area contributed by atoms with Crippen molar-refractivity contribution in [2.45, 2.75) is 12.6 Å². The van der Waals surface area contributed by atoms with Crippen LogP contribution in [0.15, 0.2) is 54.6 Å². The molecular formula is C17H19ClN2O. The van der Waals surface area contributed by atoms with Crippen molar-refractivity contribution in [1.29, 1.82) is 0 Å². The molecule has 2 aromatic rings. The molecule has 0 saturated heterocycles. The number of hydrogen-bond donors (Lipinski definition) is 1. The van der Waals surface area contributed by atoms with Crippen molar-refractivity contribution >= 4 is 17.5 Å². The smallest absolute Gasteiger partial charge is 0.242 e. The van der Waals surface area contributed by atoms with Gasteiger partial charge in [-0.25, -0.2) is 0 Å². The van der Waals surface area contributed by atoms with E-state index in [0.717, 1.165) is 11.1 Å². The van der Waals surface area contributed by atoms with Crippen molar-refractivity contribution in [3.63, 3.8) is 0 Å². The van der Waals surface area contributed by atoms with Crippen molar-refractivity contribution in [2.24, 2.45) is 0 Å². The van der Waals surface area contributed by atoms with Gasteiger partial charge in [0.05, 0.1) is 0 Å². The Hall–Kier alpha value is -1.84. The number of rotatable bonds is 5. The molecule has 1 atom stereocenters. The van der Waals surface area contributed by atoms with E-state index in [4.69, 9.17) is 11.6 Å². The van der Waals surface area contributed by atoms with Crippen molar-refractivity contribution in [3.8, 4) is 0 Å². The van der Waals surface area contributed by atoms with Gasteiger partial charge in [0.15, 0.2) is 0 Å². The van der Waals surface area contributed by atoms with Gasteiger partial charge >= 0.3 is 0 Å². The normalized spacial score (nSPS) is 12.2. The Morgan fingerprint density at radius 1 is 1.10 bits per heavy atom. The molecule has 21 heavy (non-hydrogen) atoms. The summed E-state index contributed by atoms with van der Waals surface area (Å²) < 4.78 is 0. The maximum absolute atomic E-state index is 12.4. The number of amides is 1. The van der Waals surface area contributed by atoms with Crippen LogP contribution in [0.4, 0.5) is 0 Å². The van der Waals surface area contributed by atoms with E-state index in [1.807, 2.05) is 73.6 Å². The van der Waals surface area contributed by atoms with E-state index in [1.54, 1.807) is 0 Å². The molecule has 0 fully saturated rings. The average Bonchev–Trinajstić information content (AvgIpc) is 2.47. The van der Waals surface area contributed by atoms with Gasteiger partial charge in [0.25, 0.3) is 0 Å². The number of likely N-dealkylation sites (N-methyl/N-ethyl adjacent to an activating group) is 1. The van der Waals surface area contributed by atoms with Gasteiger partial charge in [-0.05, 0) is 37.4 Å². The standard InChI is InChI=1S/C17H19ClN2O/c1-20(2)16(14-6-4-3-5-7-14)17(21)19-12-13-8-10-15(18)11-9-13/h3-11,16H,12H2,1-2H3,(H,19,21). The number of carbonyl (C=O) groups is 1. The minimum atomic E-state index is -0.293. The van der Waals surface area contributed by atoms with Crippen LogP contribution < -0.4 is 5.32 Å². The molecular weight excluding hydrogens is 284 g/mol. The summed E-state index contributed by atoms with van der Waals surface area (Å²) in [4.78, 5) is 14.4. The summed E-state index contributed by atoms with van der Waals surface area (Å²) in [5.41, 5.74) is 2.01. The van der Waals surface area contributed by atoms with Gasteiger partial charge in [-0.15, -0.1) is 0 Å². The first-order chi connectivity index (χ1) is 10.1. The van der Waals surface area contributed by atoms with Crippen LogP contribution in [0.2, 0.25) is 5.02 Å². The summed E-state index contributed by atoms with van der Waals surface area (Å²) in [7, 11) is 3.80. The molecule has 0 saturated carbocycles. The summed E-state index contributed by atoms with van der Waals surface area (Å²) in [5, 5.41) is 3.67. The quantitative estimate of drug-likeness (QED) is 0.919. The molecule has 0 aliphatic heterocycles. The molecule has 0 aliphatic carbocycles. The third-order valence-electron chi connectivity index (χ3n) is 3.26. The van der Waals surface area contributed by atoms with Crippen LogP contribution in [0.1, 0.15) is 17.2 Å². The highest BCUT2D eigenvalue weighted by Crippen LogP contribution is 2.18. The van der Waals surface area contributed by atoms with E-state index in [-0.39, 0.29) is 11.9 Å². The number of hydrogen-bond acceptors (Lipinski definition) is 2. The first kappa shape index (κ1) is 15.5. The lowest BCUT2D eigenvalue weighted by Gasteiger charge is -2.23. The third kappa shape index (κ3) is 4.31. The second kappa shape index (κ2) is 7.25. The highest BCUT2D eigenvalue weighted by atomic mass is 35.5. The first-order valence-corrected chi connectivity index (χ1v) is 7.19. The van der Waals surface area contributed by atoms with Crippen LogP contribution >= 0.6 is 11.6 Å². The van der Waals surface area contributed by atoms with Crippen LogP contribution in [-0.2, 0) is 11.3 Å². The fraction of sp³-hybridized carbons (Fsp3) is 0.235. The molecule has 3 nitrogen and oxygen atoms in total. The minimum Gasteiger partial charge on any atom is -0.350 e. The molecule has 0 aromatic heterocycles. The molecule has 0 bridgehead atoms. The maximum atomic E-state index is 12.4. The fourth-order valence-corrected chi connectivity index (χ4v) is 2.33. The van der Waals surface area contributed by atoms with Gasteiger partial charge in [0.2, 0.25) is 5.91 Å². The van der Waals surface area contributed by atoms with Crippen LogP contribution in [0.3, 0.4) is 0 Å². The van der Waals surface area contributed by atoms with E-state index in [0.29, 0.717) is 11.6 Å². The first-order valence-electron chi connectivity index (χ1n) is 6.81. The summed E-state index contributed by atoms with van der Waals surface area (Å²) in [5.74, 6) is -0.0128. The molecule has 0 radical (unpaired) electrons. The van der Waals surface area contributed by atoms with Crippen LogP contribution in [0.5, 0.6) is 0 Å². The lowest BCUT2D eigenvalue weighted by atomic mass is 10.1. The lowest BCUT2D eigenvalue weighted by molar-refractivity contribution is -0.125. The molecule has 110 valence electrons.